The lowest BCUT2D eigenvalue weighted by Crippen LogP contribution is -2.47. The van der Waals surface area contributed by atoms with E-state index in [-0.39, 0.29) is 12.4 Å². The molecule has 0 unspecified atom stereocenters. The maximum Gasteiger partial charge on any atom is 0.225 e. The van der Waals surface area contributed by atoms with Gasteiger partial charge in [-0.1, -0.05) is 12.1 Å². The summed E-state index contributed by atoms with van der Waals surface area (Å²) in [6.07, 6.45) is 10.9. The third kappa shape index (κ3) is 4.24. The molecule has 38 heavy (non-hydrogen) atoms. The van der Waals surface area contributed by atoms with Gasteiger partial charge in [0.05, 0.1) is 12.8 Å². The van der Waals surface area contributed by atoms with Crippen molar-refractivity contribution in [1.82, 2.24) is 34.3 Å². The summed E-state index contributed by atoms with van der Waals surface area (Å²) >= 11 is 0. The number of aromatic nitrogens is 7. The first-order chi connectivity index (χ1) is 18.4. The van der Waals surface area contributed by atoms with E-state index in [1.165, 1.54) is 12.1 Å². The Kier molecular flexibility index (Phi) is 5.99. The van der Waals surface area contributed by atoms with Crippen LogP contribution in [0.15, 0.2) is 67.6 Å². The highest BCUT2D eigenvalue weighted by atomic mass is 19.1. The number of aliphatic hydroxyl groups is 1. The summed E-state index contributed by atoms with van der Waals surface area (Å²) in [5.41, 5.74) is 3.88. The Bertz CT molecular complexity index is 1560. The molecule has 0 bridgehead atoms. The maximum absolute atomic E-state index is 13.4. The SMILES string of the molecule is Cn1cc(-c2cc3c(N4CCN(c5ncc([C@](C)(CO)c6ccc(F)cc6)cn5)CC4)ncnn3c2)cn1. The Hall–Kier alpha value is -4.38. The van der Waals surface area contributed by atoms with E-state index in [9.17, 15) is 9.50 Å². The maximum atomic E-state index is 13.4. The number of rotatable bonds is 6. The van der Waals surface area contributed by atoms with Gasteiger partial charge in [-0.05, 0) is 30.7 Å². The van der Waals surface area contributed by atoms with E-state index in [1.807, 2.05) is 37.1 Å². The van der Waals surface area contributed by atoms with Crippen LogP contribution in [0.5, 0.6) is 0 Å². The molecule has 4 aromatic heterocycles. The van der Waals surface area contributed by atoms with Gasteiger partial charge in [0.15, 0.2) is 5.82 Å². The number of benzene rings is 1. The van der Waals surface area contributed by atoms with E-state index in [0.29, 0.717) is 5.95 Å². The van der Waals surface area contributed by atoms with Crippen LogP contribution < -0.4 is 9.80 Å². The van der Waals surface area contributed by atoms with Crippen molar-refractivity contribution in [2.75, 3.05) is 42.6 Å². The highest BCUT2D eigenvalue weighted by molar-refractivity contribution is 5.77. The van der Waals surface area contributed by atoms with Crippen LogP contribution in [0.4, 0.5) is 16.2 Å². The molecule has 1 atom stereocenters. The van der Waals surface area contributed by atoms with Crippen LogP contribution in [0.1, 0.15) is 18.1 Å². The van der Waals surface area contributed by atoms with E-state index < -0.39 is 5.41 Å². The predicted octanol–water partition coefficient (Wildman–Crippen LogP) is 2.68. The first kappa shape index (κ1) is 24.0. The van der Waals surface area contributed by atoms with Crippen molar-refractivity contribution in [3.05, 3.63) is 84.6 Å². The lowest BCUT2D eigenvalue weighted by Gasteiger charge is -2.35. The van der Waals surface area contributed by atoms with Crippen molar-refractivity contribution in [2.24, 2.45) is 7.05 Å². The topological polar surface area (TPSA) is 100 Å². The van der Waals surface area contributed by atoms with Crippen molar-refractivity contribution in [3.63, 3.8) is 0 Å². The fraction of sp³-hybridized carbons (Fsp3) is 0.296. The van der Waals surface area contributed by atoms with E-state index in [1.54, 1.807) is 35.5 Å². The second kappa shape index (κ2) is 9.49. The molecule has 10 nitrogen and oxygen atoms in total. The number of nitrogens with zero attached hydrogens (tertiary/aromatic N) is 9. The lowest BCUT2D eigenvalue weighted by atomic mass is 9.78. The number of halogens is 1. The van der Waals surface area contributed by atoms with Gasteiger partial charge in [-0.25, -0.2) is 23.9 Å². The summed E-state index contributed by atoms with van der Waals surface area (Å²) < 4.78 is 17.1. The van der Waals surface area contributed by atoms with Gasteiger partial charge in [0.2, 0.25) is 5.95 Å². The molecular weight excluding hydrogens is 485 g/mol. The van der Waals surface area contributed by atoms with Crippen molar-refractivity contribution in [3.8, 4) is 11.1 Å². The van der Waals surface area contributed by atoms with E-state index in [2.05, 4.69) is 41.0 Å². The van der Waals surface area contributed by atoms with Gasteiger partial charge in [-0.3, -0.25) is 4.68 Å². The van der Waals surface area contributed by atoms with Crippen LogP contribution in [-0.2, 0) is 12.5 Å². The molecular formula is C27H28FN9O. The number of fused-ring (bicyclic) bond motifs is 1. The molecule has 1 aliphatic heterocycles. The predicted molar refractivity (Wildman–Crippen MR) is 142 cm³/mol. The zero-order valence-corrected chi connectivity index (χ0v) is 21.2. The zero-order valence-electron chi connectivity index (χ0n) is 21.2. The first-order valence-electron chi connectivity index (χ1n) is 12.5. The molecule has 5 aromatic rings. The number of hydrogen-bond donors (Lipinski definition) is 1. The van der Waals surface area contributed by atoms with Gasteiger partial charge in [0.1, 0.15) is 17.7 Å². The molecule has 0 radical (unpaired) electrons. The molecule has 6 rings (SSSR count). The van der Waals surface area contributed by atoms with Crippen molar-refractivity contribution in [2.45, 2.75) is 12.3 Å². The average molecular weight is 514 g/mol. The van der Waals surface area contributed by atoms with E-state index in [4.69, 9.17) is 0 Å². The number of anilines is 2. The summed E-state index contributed by atoms with van der Waals surface area (Å²) in [6.45, 7) is 4.75. The summed E-state index contributed by atoms with van der Waals surface area (Å²) in [7, 11) is 1.90. The Balaban J connectivity index is 1.17. The fourth-order valence-electron chi connectivity index (χ4n) is 4.94. The highest BCUT2D eigenvalue weighted by Gasteiger charge is 2.30. The number of aliphatic hydroxyl groups excluding tert-OH is 1. The molecule has 0 amide bonds. The smallest absolute Gasteiger partial charge is 0.225 e. The lowest BCUT2D eigenvalue weighted by molar-refractivity contribution is 0.230. The Morgan fingerprint density at radius 3 is 2.24 bits per heavy atom. The van der Waals surface area contributed by atoms with Gasteiger partial charge >= 0.3 is 0 Å². The first-order valence-corrected chi connectivity index (χ1v) is 12.5. The molecule has 0 aliphatic carbocycles. The summed E-state index contributed by atoms with van der Waals surface area (Å²) in [5, 5.41) is 18.8. The van der Waals surface area contributed by atoms with Gasteiger partial charge < -0.3 is 14.9 Å². The molecule has 1 fully saturated rings. The number of aryl methyl sites for hydroxylation is 1. The van der Waals surface area contributed by atoms with Crippen molar-refractivity contribution in [1.29, 1.82) is 0 Å². The van der Waals surface area contributed by atoms with Crippen LogP contribution in [0, 0.1) is 5.82 Å². The average Bonchev–Trinajstić information content (AvgIpc) is 3.59. The minimum atomic E-state index is -0.727. The molecule has 1 saturated heterocycles. The van der Waals surface area contributed by atoms with Crippen LogP contribution in [0.25, 0.3) is 16.6 Å². The summed E-state index contributed by atoms with van der Waals surface area (Å²) in [4.78, 5) is 18.2. The van der Waals surface area contributed by atoms with Gasteiger partial charge in [0, 0.05) is 80.1 Å². The Morgan fingerprint density at radius 2 is 1.58 bits per heavy atom. The quantitative estimate of drug-likeness (QED) is 0.370. The molecule has 1 aliphatic rings. The molecule has 11 heteroatoms. The molecule has 1 N–H and O–H groups in total. The molecule has 5 heterocycles. The third-order valence-corrected chi connectivity index (χ3v) is 7.36. The number of piperazine rings is 1. The van der Waals surface area contributed by atoms with Gasteiger partial charge in [-0.15, -0.1) is 0 Å². The van der Waals surface area contributed by atoms with Crippen LogP contribution in [0.2, 0.25) is 0 Å². The molecule has 194 valence electrons. The number of hydrogen-bond acceptors (Lipinski definition) is 8. The summed E-state index contributed by atoms with van der Waals surface area (Å²) in [6, 6.07) is 8.27. The van der Waals surface area contributed by atoms with Gasteiger partial charge in [-0.2, -0.15) is 10.2 Å². The molecule has 0 spiro atoms. The standard InChI is InChI=1S/C27H28FN9O/c1-27(17-38,21-3-5-23(28)6-4-21)22-13-29-26(30-14-22)36-9-7-35(8-10-36)25-24-11-19(16-37(24)33-18-31-25)20-12-32-34(2)15-20/h3-6,11-16,18,38H,7-10,17H2,1-2H3/t27-/m1/s1. The normalized spacial score (nSPS) is 15.7. The molecule has 1 aromatic carbocycles. The Morgan fingerprint density at radius 1 is 0.868 bits per heavy atom. The highest BCUT2D eigenvalue weighted by Crippen LogP contribution is 2.32. The molecule has 0 saturated carbocycles. The minimum absolute atomic E-state index is 0.143. The summed E-state index contributed by atoms with van der Waals surface area (Å²) in [5.74, 6) is 1.22. The van der Waals surface area contributed by atoms with Crippen LogP contribution in [-0.4, -0.2) is 72.2 Å². The fourth-order valence-corrected chi connectivity index (χ4v) is 4.94. The largest absolute Gasteiger partial charge is 0.395 e. The van der Waals surface area contributed by atoms with Crippen LogP contribution >= 0.6 is 0 Å². The zero-order chi connectivity index (χ0) is 26.3. The van der Waals surface area contributed by atoms with Crippen LogP contribution in [0.3, 0.4) is 0 Å². The Labute approximate surface area is 219 Å². The minimum Gasteiger partial charge on any atom is -0.395 e. The van der Waals surface area contributed by atoms with Crippen molar-refractivity contribution < 1.29 is 9.50 Å². The third-order valence-electron chi connectivity index (χ3n) is 7.36. The van der Waals surface area contributed by atoms with E-state index >= 15 is 0 Å². The van der Waals surface area contributed by atoms with Crippen molar-refractivity contribution >= 4 is 17.3 Å². The second-order valence-corrected chi connectivity index (χ2v) is 9.79. The second-order valence-electron chi connectivity index (χ2n) is 9.79. The van der Waals surface area contributed by atoms with Gasteiger partial charge in [0.25, 0.3) is 0 Å². The van der Waals surface area contributed by atoms with E-state index in [0.717, 1.165) is 59.8 Å². The monoisotopic (exact) mass is 513 g/mol.